The van der Waals surface area contributed by atoms with Crippen LogP contribution in [0.4, 0.5) is 10.6 Å². The average molecular weight is 153 g/mol. The van der Waals surface area contributed by atoms with Gasteiger partial charge in [-0.1, -0.05) is 0 Å². The van der Waals surface area contributed by atoms with Crippen molar-refractivity contribution in [2.75, 3.05) is 12.4 Å². The van der Waals surface area contributed by atoms with Gasteiger partial charge >= 0.3 is 6.03 Å². The highest BCUT2D eigenvalue weighted by Crippen LogP contribution is 2.05. The zero-order chi connectivity index (χ0) is 8.27. The predicted octanol–water partition coefficient (Wildman–Crippen LogP) is 1.07. The SMILES string of the molecule is CNC(=O)Nc1cc(C)c[nH]1. The van der Waals surface area contributed by atoms with Gasteiger partial charge in [0.25, 0.3) is 0 Å². The number of anilines is 1. The molecular weight excluding hydrogens is 142 g/mol. The third kappa shape index (κ3) is 2.00. The Morgan fingerprint density at radius 2 is 2.36 bits per heavy atom. The Morgan fingerprint density at radius 3 is 2.82 bits per heavy atom. The van der Waals surface area contributed by atoms with E-state index in [1.807, 2.05) is 19.2 Å². The Bertz CT molecular complexity index is 254. The summed E-state index contributed by atoms with van der Waals surface area (Å²) in [7, 11) is 1.57. The van der Waals surface area contributed by atoms with Crippen molar-refractivity contribution in [1.82, 2.24) is 10.3 Å². The van der Waals surface area contributed by atoms with Crippen LogP contribution in [0.1, 0.15) is 5.56 Å². The minimum atomic E-state index is -0.216. The summed E-state index contributed by atoms with van der Waals surface area (Å²) < 4.78 is 0. The normalized spacial score (nSPS) is 9.27. The Balaban J connectivity index is 2.57. The fourth-order valence-corrected chi connectivity index (χ4v) is 0.760. The molecule has 4 heteroatoms. The maximum atomic E-state index is 10.7. The molecule has 3 N–H and O–H groups in total. The third-order valence-electron chi connectivity index (χ3n) is 1.30. The summed E-state index contributed by atoms with van der Waals surface area (Å²) in [6.45, 7) is 1.95. The first-order valence-corrected chi connectivity index (χ1v) is 3.36. The first-order chi connectivity index (χ1) is 5.22. The Labute approximate surface area is 65.0 Å². The maximum absolute atomic E-state index is 10.7. The van der Waals surface area contributed by atoms with Gasteiger partial charge in [-0.05, 0) is 18.6 Å². The number of carbonyl (C=O) groups is 1. The van der Waals surface area contributed by atoms with Gasteiger partial charge in [0.2, 0.25) is 0 Å². The van der Waals surface area contributed by atoms with Crippen LogP contribution in [-0.4, -0.2) is 18.1 Å². The van der Waals surface area contributed by atoms with Crippen molar-refractivity contribution in [1.29, 1.82) is 0 Å². The second kappa shape index (κ2) is 3.09. The Hall–Kier alpha value is -1.45. The van der Waals surface area contributed by atoms with E-state index in [-0.39, 0.29) is 6.03 Å². The van der Waals surface area contributed by atoms with Crippen molar-refractivity contribution in [3.05, 3.63) is 17.8 Å². The topological polar surface area (TPSA) is 56.9 Å². The number of amides is 2. The molecule has 0 radical (unpaired) electrons. The molecule has 2 amide bonds. The summed E-state index contributed by atoms with van der Waals surface area (Å²) in [6.07, 6.45) is 1.82. The van der Waals surface area contributed by atoms with Crippen LogP contribution in [0, 0.1) is 6.92 Å². The Morgan fingerprint density at radius 1 is 1.64 bits per heavy atom. The first-order valence-electron chi connectivity index (χ1n) is 3.36. The molecule has 1 rings (SSSR count). The minimum absolute atomic E-state index is 0.216. The highest BCUT2D eigenvalue weighted by atomic mass is 16.2. The molecule has 0 aliphatic carbocycles. The first kappa shape index (κ1) is 7.65. The van der Waals surface area contributed by atoms with Crippen molar-refractivity contribution in [2.45, 2.75) is 6.92 Å². The van der Waals surface area contributed by atoms with Crippen molar-refractivity contribution in [3.63, 3.8) is 0 Å². The fourth-order valence-electron chi connectivity index (χ4n) is 0.760. The lowest BCUT2D eigenvalue weighted by Gasteiger charge is -1.98. The number of urea groups is 1. The van der Waals surface area contributed by atoms with Gasteiger partial charge in [0.1, 0.15) is 5.82 Å². The zero-order valence-electron chi connectivity index (χ0n) is 6.56. The van der Waals surface area contributed by atoms with Crippen molar-refractivity contribution in [2.24, 2.45) is 0 Å². The molecule has 0 saturated heterocycles. The van der Waals surface area contributed by atoms with Crippen LogP contribution < -0.4 is 10.6 Å². The molecule has 0 aliphatic heterocycles. The van der Waals surface area contributed by atoms with Crippen LogP contribution in [-0.2, 0) is 0 Å². The molecule has 60 valence electrons. The highest BCUT2D eigenvalue weighted by molar-refractivity contribution is 5.88. The van der Waals surface area contributed by atoms with E-state index in [4.69, 9.17) is 0 Å². The van der Waals surface area contributed by atoms with E-state index in [1.54, 1.807) is 7.05 Å². The molecule has 0 fully saturated rings. The minimum Gasteiger partial charge on any atom is -0.348 e. The fraction of sp³-hybridized carbons (Fsp3) is 0.286. The average Bonchev–Trinajstić information content (AvgIpc) is 2.35. The summed E-state index contributed by atoms with van der Waals surface area (Å²) in [5.41, 5.74) is 1.09. The van der Waals surface area contributed by atoms with E-state index in [2.05, 4.69) is 15.6 Å². The second-order valence-corrected chi connectivity index (χ2v) is 2.29. The number of H-pyrrole nitrogens is 1. The van der Waals surface area contributed by atoms with E-state index < -0.39 is 0 Å². The summed E-state index contributed by atoms with van der Waals surface area (Å²) in [6, 6.07) is 1.64. The second-order valence-electron chi connectivity index (χ2n) is 2.29. The van der Waals surface area contributed by atoms with E-state index >= 15 is 0 Å². The molecule has 1 aromatic rings. The molecule has 0 spiro atoms. The van der Waals surface area contributed by atoms with Crippen LogP contribution in [0.15, 0.2) is 12.3 Å². The number of aryl methyl sites for hydroxylation is 1. The van der Waals surface area contributed by atoms with E-state index in [1.165, 1.54) is 0 Å². The summed E-state index contributed by atoms with van der Waals surface area (Å²) >= 11 is 0. The van der Waals surface area contributed by atoms with Gasteiger partial charge in [0.15, 0.2) is 0 Å². The standard InChI is InChI=1S/C7H11N3O/c1-5-3-6(9-4-5)10-7(11)8-2/h3-4,9H,1-2H3,(H2,8,10,11). The molecule has 1 heterocycles. The smallest absolute Gasteiger partial charge is 0.320 e. The van der Waals surface area contributed by atoms with Gasteiger partial charge in [0.05, 0.1) is 0 Å². The van der Waals surface area contributed by atoms with E-state index in [0.717, 1.165) is 5.56 Å². The van der Waals surface area contributed by atoms with Crippen molar-refractivity contribution in [3.8, 4) is 0 Å². The van der Waals surface area contributed by atoms with Crippen LogP contribution in [0.25, 0.3) is 0 Å². The Kier molecular flexibility index (Phi) is 2.15. The monoisotopic (exact) mass is 153 g/mol. The van der Waals surface area contributed by atoms with Crippen molar-refractivity contribution >= 4 is 11.8 Å². The lowest BCUT2D eigenvalue weighted by molar-refractivity contribution is 0.254. The zero-order valence-corrected chi connectivity index (χ0v) is 6.56. The van der Waals surface area contributed by atoms with Gasteiger partial charge < -0.3 is 10.3 Å². The number of rotatable bonds is 1. The summed E-state index contributed by atoms with van der Waals surface area (Å²) in [4.78, 5) is 13.6. The van der Waals surface area contributed by atoms with Gasteiger partial charge in [0, 0.05) is 13.2 Å². The van der Waals surface area contributed by atoms with Crippen LogP contribution in [0.2, 0.25) is 0 Å². The molecule has 11 heavy (non-hydrogen) atoms. The number of aromatic amines is 1. The molecule has 4 nitrogen and oxygen atoms in total. The lowest BCUT2D eigenvalue weighted by Crippen LogP contribution is -2.24. The highest BCUT2D eigenvalue weighted by Gasteiger charge is 1.98. The molecule has 0 saturated carbocycles. The molecule has 1 aromatic heterocycles. The molecule has 0 aromatic carbocycles. The van der Waals surface area contributed by atoms with E-state index in [9.17, 15) is 4.79 Å². The molecule has 0 atom stereocenters. The number of hydrogen-bond donors (Lipinski definition) is 3. The maximum Gasteiger partial charge on any atom is 0.320 e. The van der Waals surface area contributed by atoms with Crippen LogP contribution in [0.3, 0.4) is 0 Å². The summed E-state index contributed by atoms with van der Waals surface area (Å²) in [5.74, 6) is 0.710. The predicted molar refractivity (Wildman–Crippen MR) is 43.6 cm³/mol. The number of nitrogens with one attached hydrogen (secondary N) is 3. The van der Waals surface area contributed by atoms with Crippen LogP contribution >= 0.6 is 0 Å². The van der Waals surface area contributed by atoms with E-state index in [0.29, 0.717) is 5.82 Å². The van der Waals surface area contributed by atoms with Crippen LogP contribution in [0.5, 0.6) is 0 Å². The van der Waals surface area contributed by atoms with Gasteiger partial charge in [-0.25, -0.2) is 4.79 Å². The van der Waals surface area contributed by atoms with Gasteiger partial charge in [-0.15, -0.1) is 0 Å². The summed E-state index contributed by atoms with van der Waals surface area (Å²) in [5, 5.41) is 5.06. The quantitative estimate of drug-likeness (QED) is 0.555. The number of carbonyl (C=O) groups excluding carboxylic acids is 1. The largest absolute Gasteiger partial charge is 0.348 e. The molecule has 0 aliphatic rings. The lowest BCUT2D eigenvalue weighted by atomic mass is 10.4. The van der Waals surface area contributed by atoms with Gasteiger partial charge in [-0.3, -0.25) is 5.32 Å². The van der Waals surface area contributed by atoms with Gasteiger partial charge in [-0.2, -0.15) is 0 Å². The molecule has 0 bridgehead atoms. The molecular formula is C7H11N3O. The third-order valence-corrected chi connectivity index (χ3v) is 1.30. The molecule has 0 unspecified atom stereocenters. The number of aromatic nitrogens is 1. The van der Waals surface area contributed by atoms with Crippen molar-refractivity contribution < 1.29 is 4.79 Å². The number of hydrogen-bond acceptors (Lipinski definition) is 1.